The lowest BCUT2D eigenvalue weighted by Crippen LogP contribution is -2.08. The first-order chi connectivity index (χ1) is 11.4. The quantitative estimate of drug-likeness (QED) is 0.332. The maximum atomic E-state index is 9.40. The van der Waals surface area contributed by atoms with Crippen LogP contribution in [0.1, 0.15) is 16.7 Å². The maximum absolute atomic E-state index is 9.40. The van der Waals surface area contributed by atoms with Crippen LogP contribution in [0.25, 0.3) is 0 Å². The van der Waals surface area contributed by atoms with Crippen LogP contribution in [0.15, 0.2) is 101 Å². The van der Waals surface area contributed by atoms with Crippen LogP contribution in [0.4, 0.5) is 0 Å². The van der Waals surface area contributed by atoms with Crippen LogP contribution in [-0.2, 0) is 0 Å². The number of nitrogens with zero attached hydrogens (tertiary/aromatic N) is 2. The third-order valence-electron chi connectivity index (χ3n) is 3.44. The van der Waals surface area contributed by atoms with Gasteiger partial charge in [-0.05, 0) is 0 Å². The van der Waals surface area contributed by atoms with Gasteiger partial charge in [0.2, 0.25) is 0 Å². The van der Waals surface area contributed by atoms with E-state index in [0.29, 0.717) is 0 Å². The van der Waals surface area contributed by atoms with E-state index in [-0.39, 0.29) is 5.84 Å². The van der Waals surface area contributed by atoms with E-state index in [0.717, 1.165) is 22.4 Å². The molecule has 112 valence electrons. The summed E-state index contributed by atoms with van der Waals surface area (Å²) in [7, 11) is 0. The molecular formula is C20H16N2O. The third-order valence-corrected chi connectivity index (χ3v) is 3.44. The molecule has 0 fully saturated rings. The molecule has 23 heavy (non-hydrogen) atoms. The van der Waals surface area contributed by atoms with E-state index in [2.05, 4.69) is 10.1 Å². The first kappa shape index (κ1) is 14.7. The molecule has 0 saturated carbocycles. The van der Waals surface area contributed by atoms with E-state index in [4.69, 9.17) is 0 Å². The maximum Gasteiger partial charge on any atom is 0.199 e. The van der Waals surface area contributed by atoms with Gasteiger partial charge in [0.15, 0.2) is 5.84 Å². The lowest BCUT2D eigenvalue weighted by Gasteiger charge is -2.08. The molecule has 0 amide bonds. The number of aliphatic imine (C=N–C) groups is 1. The van der Waals surface area contributed by atoms with Crippen LogP contribution in [0.5, 0.6) is 0 Å². The minimum atomic E-state index is 0.285. The van der Waals surface area contributed by atoms with Gasteiger partial charge in [-0.3, -0.25) is 0 Å². The van der Waals surface area contributed by atoms with E-state index in [1.807, 2.05) is 91.0 Å². The van der Waals surface area contributed by atoms with E-state index in [1.165, 1.54) is 0 Å². The van der Waals surface area contributed by atoms with Gasteiger partial charge in [0.1, 0.15) is 0 Å². The molecule has 0 aliphatic rings. The fourth-order valence-electron chi connectivity index (χ4n) is 2.33. The number of benzene rings is 3. The lowest BCUT2D eigenvalue weighted by atomic mass is 10.0. The average Bonchev–Trinajstić information content (AvgIpc) is 2.65. The van der Waals surface area contributed by atoms with Gasteiger partial charge in [-0.2, -0.15) is 0 Å². The molecule has 0 saturated heterocycles. The average molecular weight is 300 g/mol. The van der Waals surface area contributed by atoms with Gasteiger partial charge in [0, 0.05) is 16.7 Å². The molecule has 0 radical (unpaired) electrons. The van der Waals surface area contributed by atoms with E-state index < -0.39 is 0 Å². The highest BCUT2D eigenvalue weighted by molar-refractivity contribution is 6.19. The molecule has 3 heteroatoms. The molecule has 1 N–H and O–H groups in total. The second-order valence-electron chi connectivity index (χ2n) is 4.98. The van der Waals surface area contributed by atoms with Gasteiger partial charge >= 0.3 is 0 Å². The van der Waals surface area contributed by atoms with Crippen molar-refractivity contribution in [1.29, 1.82) is 0 Å². The monoisotopic (exact) mass is 300 g/mol. The van der Waals surface area contributed by atoms with Crippen LogP contribution in [0.2, 0.25) is 0 Å². The molecule has 0 spiro atoms. The summed E-state index contributed by atoms with van der Waals surface area (Å²) in [6, 6.07) is 29.2. The molecule has 3 nitrogen and oxygen atoms in total. The normalized spacial score (nSPS) is 11.0. The smallest absolute Gasteiger partial charge is 0.199 e. The Hall–Kier alpha value is -3.20. The molecule has 3 aromatic carbocycles. The van der Waals surface area contributed by atoms with Crippen molar-refractivity contribution in [2.45, 2.75) is 0 Å². The van der Waals surface area contributed by atoms with Gasteiger partial charge < -0.3 is 5.21 Å². The molecule has 0 unspecified atom stereocenters. The SMILES string of the molecule is O/N=C(/N=C(c1ccccc1)c1ccccc1)c1ccccc1. The first-order valence-corrected chi connectivity index (χ1v) is 7.35. The summed E-state index contributed by atoms with van der Waals surface area (Å²) in [6.45, 7) is 0. The highest BCUT2D eigenvalue weighted by Gasteiger charge is 2.10. The zero-order valence-corrected chi connectivity index (χ0v) is 12.5. The summed E-state index contributed by atoms with van der Waals surface area (Å²) >= 11 is 0. The number of amidine groups is 1. The molecule has 0 atom stereocenters. The van der Waals surface area contributed by atoms with Gasteiger partial charge in [-0.25, -0.2) is 4.99 Å². The second kappa shape index (κ2) is 7.18. The number of hydrogen-bond donors (Lipinski definition) is 1. The Morgan fingerprint density at radius 1 is 0.565 bits per heavy atom. The third kappa shape index (κ3) is 3.52. The Labute approximate surface area is 135 Å². The molecule has 0 aliphatic heterocycles. The van der Waals surface area contributed by atoms with Crippen molar-refractivity contribution in [3.63, 3.8) is 0 Å². The summed E-state index contributed by atoms with van der Waals surface area (Å²) in [5.74, 6) is 0.285. The summed E-state index contributed by atoms with van der Waals surface area (Å²) in [5, 5.41) is 12.8. The zero-order valence-electron chi connectivity index (χ0n) is 12.5. The summed E-state index contributed by atoms with van der Waals surface area (Å²) in [6.07, 6.45) is 0. The Bertz CT molecular complexity index is 769. The minimum absolute atomic E-state index is 0.285. The molecule has 0 aliphatic carbocycles. The largest absolute Gasteiger partial charge is 0.409 e. The fourth-order valence-corrected chi connectivity index (χ4v) is 2.33. The van der Waals surface area contributed by atoms with Crippen molar-refractivity contribution in [3.05, 3.63) is 108 Å². The number of hydrogen-bond acceptors (Lipinski definition) is 2. The first-order valence-electron chi connectivity index (χ1n) is 7.35. The van der Waals surface area contributed by atoms with Gasteiger partial charge in [-0.1, -0.05) is 96.2 Å². The number of rotatable bonds is 3. The van der Waals surface area contributed by atoms with Crippen molar-refractivity contribution < 1.29 is 5.21 Å². The summed E-state index contributed by atoms with van der Waals surface area (Å²) in [5.41, 5.74) is 3.47. The van der Waals surface area contributed by atoms with E-state index in [1.54, 1.807) is 0 Å². The molecule has 3 rings (SSSR count). The van der Waals surface area contributed by atoms with Crippen LogP contribution in [0.3, 0.4) is 0 Å². The topological polar surface area (TPSA) is 45.0 Å². The molecule has 0 bridgehead atoms. The van der Waals surface area contributed by atoms with E-state index >= 15 is 0 Å². The van der Waals surface area contributed by atoms with Gasteiger partial charge in [0.05, 0.1) is 5.71 Å². The number of oxime groups is 1. The van der Waals surface area contributed by atoms with Crippen LogP contribution < -0.4 is 0 Å². The van der Waals surface area contributed by atoms with Crippen molar-refractivity contribution in [3.8, 4) is 0 Å². The lowest BCUT2D eigenvalue weighted by molar-refractivity contribution is 0.318. The molecular weight excluding hydrogens is 284 g/mol. The summed E-state index contributed by atoms with van der Waals surface area (Å²) in [4.78, 5) is 4.62. The van der Waals surface area contributed by atoms with Crippen molar-refractivity contribution in [2.75, 3.05) is 0 Å². The van der Waals surface area contributed by atoms with Crippen LogP contribution >= 0.6 is 0 Å². The Kier molecular flexibility index (Phi) is 4.60. The van der Waals surface area contributed by atoms with Crippen LogP contribution in [0, 0.1) is 0 Å². The van der Waals surface area contributed by atoms with Crippen LogP contribution in [-0.4, -0.2) is 16.8 Å². The van der Waals surface area contributed by atoms with Gasteiger partial charge in [-0.15, -0.1) is 0 Å². The van der Waals surface area contributed by atoms with Crippen molar-refractivity contribution in [2.24, 2.45) is 10.1 Å². The molecule has 3 aromatic rings. The summed E-state index contributed by atoms with van der Waals surface area (Å²) < 4.78 is 0. The zero-order chi connectivity index (χ0) is 15.9. The Morgan fingerprint density at radius 3 is 1.35 bits per heavy atom. The molecule has 0 aromatic heterocycles. The van der Waals surface area contributed by atoms with E-state index in [9.17, 15) is 5.21 Å². The highest BCUT2D eigenvalue weighted by Crippen LogP contribution is 2.13. The fraction of sp³-hybridized carbons (Fsp3) is 0. The minimum Gasteiger partial charge on any atom is -0.409 e. The van der Waals surface area contributed by atoms with Gasteiger partial charge in [0.25, 0.3) is 0 Å². The predicted octanol–water partition coefficient (Wildman–Crippen LogP) is 4.36. The second-order valence-corrected chi connectivity index (χ2v) is 4.98. The molecule has 0 heterocycles. The predicted molar refractivity (Wildman–Crippen MR) is 93.3 cm³/mol. The van der Waals surface area contributed by atoms with Crippen molar-refractivity contribution in [1.82, 2.24) is 0 Å². The van der Waals surface area contributed by atoms with Crippen molar-refractivity contribution >= 4 is 11.5 Å². The Morgan fingerprint density at radius 2 is 0.957 bits per heavy atom. The Balaban J connectivity index is 2.12. The standard InChI is InChI=1S/C20H16N2O/c23-22-20(18-14-8-3-9-15-18)21-19(16-10-4-1-5-11-16)17-12-6-2-7-13-17/h1-15,23H/b22-20+. The highest BCUT2D eigenvalue weighted by atomic mass is 16.4.